The third-order valence-corrected chi connectivity index (χ3v) is 6.39. The molecule has 114 valence electrons. The summed E-state index contributed by atoms with van der Waals surface area (Å²) in [6, 6.07) is 0.501. The number of piperidine rings is 1. The molecule has 2 aliphatic heterocycles. The van der Waals surface area contributed by atoms with Gasteiger partial charge in [-0.15, -0.1) is 12.4 Å². The minimum atomic E-state index is -3.39. The summed E-state index contributed by atoms with van der Waals surface area (Å²) in [5.74, 6) is 0.459. The van der Waals surface area contributed by atoms with E-state index in [-0.39, 0.29) is 12.4 Å². The molecule has 2 unspecified atom stereocenters. The first kappa shape index (κ1) is 15.8. The van der Waals surface area contributed by atoms with Crippen LogP contribution in [0.25, 0.3) is 0 Å². The maximum Gasteiger partial charge on any atom is 0.246 e. The van der Waals surface area contributed by atoms with Crippen LogP contribution in [0, 0.1) is 12.8 Å². The minimum absolute atomic E-state index is 0. The zero-order chi connectivity index (χ0) is 13.6. The summed E-state index contributed by atoms with van der Waals surface area (Å²) in [6.07, 6.45) is 3.44. The molecule has 0 aromatic carbocycles. The second-order valence-electron chi connectivity index (χ2n) is 5.48. The van der Waals surface area contributed by atoms with Crippen LogP contribution in [0.4, 0.5) is 0 Å². The van der Waals surface area contributed by atoms with Crippen LogP contribution in [-0.4, -0.2) is 48.2 Å². The fraction of sp³-hybridized carbons (Fsp3) is 0.750. The topological polar surface area (TPSA) is 67.2 Å². The van der Waals surface area contributed by atoms with Gasteiger partial charge in [-0.2, -0.15) is 9.40 Å². The van der Waals surface area contributed by atoms with Gasteiger partial charge in [0.1, 0.15) is 4.90 Å². The highest BCUT2D eigenvalue weighted by Crippen LogP contribution is 2.29. The average Bonchev–Trinajstić information content (AvgIpc) is 2.96. The van der Waals surface area contributed by atoms with E-state index < -0.39 is 10.0 Å². The van der Waals surface area contributed by atoms with Crippen molar-refractivity contribution in [1.29, 1.82) is 0 Å². The van der Waals surface area contributed by atoms with Gasteiger partial charge in [0.2, 0.25) is 10.0 Å². The zero-order valence-corrected chi connectivity index (χ0v) is 13.4. The Morgan fingerprint density at radius 3 is 2.80 bits per heavy atom. The quantitative estimate of drug-likeness (QED) is 0.863. The lowest BCUT2D eigenvalue weighted by Gasteiger charge is -2.33. The average molecular weight is 321 g/mol. The standard InChI is InChI=1S/C12H20N4O2S.ClH/c1-9-12(7-14-15(9)2)19(17,18)16-6-4-11-10(8-16)3-5-13-11;/h7,10-11,13H,3-6,8H2,1-2H3;1H. The number of fused-ring (bicyclic) bond motifs is 1. The highest BCUT2D eigenvalue weighted by molar-refractivity contribution is 7.89. The van der Waals surface area contributed by atoms with Crippen LogP contribution in [-0.2, 0) is 17.1 Å². The van der Waals surface area contributed by atoms with Crippen molar-refractivity contribution in [1.82, 2.24) is 19.4 Å². The first-order valence-corrected chi connectivity index (χ1v) is 8.16. The minimum Gasteiger partial charge on any atom is -0.314 e. The molecule has 0 aliphatic carbocycles. The molecular weight excluding hydrogens is 300 g/mol. The van der Waals surface area contributed by atoms with Gasteiger partial charge in [0.25, 0.3) is 0 Å². The van der Waals surface area contributed by atoms with Gasteiger partial charge in [0.15, 0.2) is 0 Å². The zero-order valence-electron chi connectivity index (χ0n) is 11.7. The monoisotopic (exact) mass is 320 g/mol. The molecule has 2 atom stereocenters. The number of hydrogen-bond donors (Lipinski definition) is 1. The molecule has 2 fully saturated rings. The lowest BCUT2D eigenvalue weighted by molar-refractivity contribution is 0.247. The third-order valence-electron chi connectivity index (χ3n) is 4.43. The van der Waals surface area contributed by atoms with E-state index in [4.69, 9.17) is 0 Å². The molecule has 0 amide bonds. The van der Waals surface area contributed by atoms with E-state index in [9.17, 15) is 8.42 Å². The molecular formula is C12H21ClN4O2S. The van der Waals surface area contributed by atoms with Crippen LogP contribution in [0.15, 0.2) is 11.1 Å². The highest BCUT2D eigenvalue weighted by atomic mass is 35.5. The molecule has 0 bridgehead atoms. The Balaban J connectivity index is 0.00000147. The van der Waals surface area contributed by atoms with Crippen molar-refractivity contribution < 1.29 is 8.42 Å². The van der Waals surface area contributed by atoms with Crippen LogP contribution in [0.3, 0.4) is 0 Å². The third kappa shape index (κ3) is 2.47. The summed E-state index contributed by atoms with van der Waals surface area (Å²) >= 11 is 0. The highest BCUT2D eigenvalue weighted by Gasteiger charge is 2.38. The molecule has 0 saturated carbocycles. The molecule has 1 aromatic rings. The van der Waals surface area contributed by atoms with Gasteiger partial charge < -0.3 is 5.32 Å². The number of nitrogens with one attached hydrogen (secondary N) is 1. The molecule has 3 heterocycles. The van der Waals surface area contributed by atoms with E-state index in [1.807, 2.05) is 0 Å². The van der Waals surface area contributed by atoms with Crippen molar-refractivity contribution in [3.8, 4) is 0 Å². The lowest BCUT2D eigenvalue weighted by Crippen LogP contribution is -2.46. The van der Waals surface area contributed by atoms with Gasteiger partial charge in [-0.25, -0.2) is 8.42 Å². The number of sulfonamides is 1. The number of aromatic nitrogens is 2. The molecule has 8 heteroatoms. The smallest absolute Gasteiger partial charge is 0.246 e. The molecule has 2 aliphatic rings. The van der Waals surface area contributed by atoms with Crippen LogP contribution in [0.5, 0.6) is 0 Å². The van der Waals surface area contributed by atoms with Gasteiger partial charge in [0.05, 0.1) is 11.9 Å². The fourth-order valence-electron chi connectivity index (χ4n) is 3.10. The van der Waals surface area contributed by atoms with Crippen molar-refractivity contribution in [3.63, 3.8) is 0 Å². The molecule has 3 rings (SSSR count). The van der Waals surface area contributed by atoms with E-state index in [1.165, 1.54) is 6.20 Å². The summed E-state index contributed by atoms with van der Waals surface area (Å²) in [5, 5.41) is 7.49. The number of rotatable bonds is 2. The van der Waals surface area contributed by atoms with Crippen molar-refractivity contribution in [2.75, 3.05) is 19.6 Å². The first-order valence-electron chi connectivity index (χ1n) is 6.72. The van der Waals surface area contributed by atoms with Crippen LogP contribution in [0.1, 0.15) is 18.5 Å². The van der Waals surface area contributed by atoms with Crippen LogP contribution >= 0.6 is 12.4 Å². The second kappa shape index (κ2) is 5.63. The first-order chi connectivity index (χ1) is 9.00. The summed E-state index contributed by atoms with van der Waals surface area (Å²) in [6.45, 7) is 4.04. The van der Waals surface area contributed by atoms with Gasteiger partial charge >= 0.3 is 0 Å². The molecule has 1 N–H and O–H groups in total. The van der Waals surface area contributed by atoms with Crippen molar-refractivity contribution in [3.05, 3.63) is 11.9 Å². The predicted octanol–water partition coefficient (Wildman–Crippen LogP) is 0.523. The van der Waals surface area contributed by atoms with Gasteiger partial charge in [-0.3, -0.25) is 4.68 Å². The fourth-order valence-corrected chi connectivity index (χ4v) is 4.80. The van der Waals surface area contributed by atoms with Crippen molar-refractivity contribution in [2.24, 2.45) is 13.0 Å². The Hall–Kier alpha value is -0.630. The summed E-state index contributed by atoms with van der Waals surface area (Å²) in [5.41, 5.74) is 0.701. The van der Waals surface area contributed by atoms with E-state index in [0.29, 0.717) is 35.6 Å². The molecule has 2 saturated heterocycles. The molecule has 6 nitrogen and oxygen atoms in total. The SMILES string of the molecule is Cc1c(S(=O)(=O)N2CCC3NCCC3C2)cnn1C.Cl. The predicted molar refractivity (Wildman–Crippen MR) is 78.5 cm³/mol. The Kier molecular flexibility index (Phi) is 4.44. The van der Waals surface area contributed by atoms with Crippen molar-refractivity contribution in [2.45, 2.75) is 30.7 Å². The molecule has 1 aromatic heterocycles. The van der Waals surface area contributed by atoms with Gasteiger partial charge in [-0.05, 0) is 32.2 Å². The normalized spacial score (nSPS) is 27.1. The summed E-state index contributed by atoms with van der Waals surface area (Å²) < 4.78 is 28.6. The van der Waals surface area contributed by atoms with E-state index in [0.717, 1.165) is 19.4 Å². The largest absolute Gasteiger partial charge is 0.314 e. The summed E-state index contributed by atoms with van der Waals surface area (Å²) in [4.78, 5) is 0.347. The van der Waals surface area contributed by atoms with Crippen molar-refractivity contribution >= 4 is 22.4 Å². The molecule has 20 heavy (non-hydrogen) atoms. The number of halogens is 1. The van der Waals surface area contributed by atoms with E-state index in [1.54, 1.807) is 23.0 Å². The van der Waals surface area contributed by atoms with E-state index in [2.05, 4.69) is 10.4 Å². The lowest BCUT2D eigenvalue weighted by atomic mass is 9.95. The maximum absolute atomic E-state index is 12.7. The number of aryl methyl sites for hydroxylation is 1. The Bertz CT molecular complexity index is 586. The summed E-state index contributed by atoms with van der Waals surface area (Å²) in [7, 11) is -1.62. The number of nitrogens with zero attached hydrogens (tertiary/aromatic N) is 3. The molecule has 0 spiro atoms. The van der Waals surface area contributed by atoms with E-state index >= 15 is 0 Å². The second-order valence-corrected chi connectivity index (χ2v) is 7.39. The van der Waals surface area contributed by atoms with Gasteiger partial charge in [-0.1, -0.05) is 0 Å². The Morgan fingerprint density at radius 1 is 1.40 bits per heavy atom. The Labute approximate surface area is 126 Å². The molecule has 0 radical (unpaired) electrons. The van der Waals surface area contributed by atoms with Gasteiger partial charge in [0, 0.05) is 26.2 Å². The maximum atomic E-state index is 12.7. The van der Waals surface area contributed by atoms with Crippen LogP contribution < -0.4 is 5.32 Å². The number of hydrogen-bond acceptors (Lipinski definition) is 4. The Morgan fingerprint density at radius 2 is 2.15 bits per heavy atom. The van der Waals surface area contributed by atoms with Crippen LogP contribution in [0.2, 0.25) is 0 Å².